The molecule has 0 N–H and O–H groups in total. The van der Waals surface area contributed by atoms with Crippen LogP contribution in [0.5, 0.6) is 0 Å². The third-order valence-corrected chi connectivity index (χ3v) is 2.76. The highest BCUT2D eigenvalue weighted by Crippen LogP contribution is 2.17. The second-order valence-electron chi connectivity index (χ2n) is 3.61. The van der Waals surface area contributed by atoms with Crippen molar-refractivity contribution in [1.82, 2.24) is 0 Å². The van der Waals surface area contributed by atoms with Gasteiger partial charge in [0.25, 0.3) is 0 Å². The van der Waals surface area contributed by atoms with Crippen molar-refractivity contribution < 1.29 is 8.78 Å². The maximum absolute atomic E-state index is 12.8. The Hall–Kier alpha value is -0.630. The molecule has 0 saturated heterocycles. The Morgan fingerprint density at radius 2 is 1.86 bits per heavy atom. The quantitative estimate of drug-likeness (QED) is 0.678. The van der Waals surface area contributed by atoms with E-state index >= 15 is 0 Å². The van der Waals surface area contributed by atoms with Gasteiger partial charge in [-0.15, -0.1) is 11.6 Å². The lowest BCUT2D eigenvalue weighted by Gasteiger charge is -2.13. The van der Waals surface area contributed by atoms with Gasteiger partial charge in [-0.25, -0.2) is 8.78 Å². The second-order valence-corrected chi connectivity index (χ2v) is 4.30. The summed E-state index contributed by atoms with van der Waals surface area (Å²) in [5.74, 6) is -1.35. The average molecular weight is 219 g/mol. The minimum atomic E-state index is -0.805. The maximum atomic E-state index is 12.8. The van der Waals surface area contributed by atoms with Gasteiger partial charge in [0, 0.05) is 5.38 Å². The first kappa shape index (κ1) is 11.4. The molecule has 78 valence electrons. The molecule has 3 heteroatoms. The Morgan fingerprint density at radius 3 is 2.36 bits per heavy atom. The molecule has 0 spiro atoms. The molecule has 0 radical (unpaired) electrons. The summed E-state index contributed by atoms with van der Waals surface area (Å²) in [6.07, 6.45) is 0.669. The van der Waals surface area contributed by atoms with Crippen LogP contribution in [0.2, 0.25) is 0 Å². The zero-order valence-corrected chi connectivity index (χ0v) is 8.98. The topological polar surface area (TPSA) is 0 Å². The molecule has 2 atom stereocenters. The van der Waals surface area contributed by atoms with Crippen molar-refractivity contribution in [2.75, 3.05) is 0 Å². The Kier molecular flexibility index (Phi) is 3.87. The molecule has 0 aliphatic heterocycles. The maximum Gasteiger partial charge on any atom is 0.159 e. The van der Waals surface area contributed by atoms with Gasteiger partial charge in [0.1, 0.15) is 0 Å². The van der Waals surface area contributed by atoms with Crippen molar-refractivity contribution in [3.05, 3.63) is 35.4 Å². The van der Waals surface area contributed by atoms with E-state index in [2.05, 4.69) is 0 Å². The number of benzene rings is 1. The lowest BCUT2D eigenvalue weighted by atomic mass is 9.98. The van der Waals surface area contributed by atoms with Gasteiger partial charge in [-0.3, -0.25) is 0 Å². The highest BCUT2D eigenvalue weighted by molar-refractivity contribution is 6.20. The molecular weight excluding hydrogens is 206 g/mol. The second kappa shape index (κ2) is 4.74. The summed E-state index contributed by atoms with van der Waals surface area (Å²) >= 11 is 5.88. The van der Waals surface area contributed by atoms with Crippen LogP contribution in [-0.4, -0.2) is 5.38 Å². The van der Waals surface area contributed by atoms with Gasteiger partial charge in [-0.1, -0.05) is 13.0 Å². The van der Waals surface area contributed by atoms with E-state index in [4.69, 9.17) is 11.6 Å². The first-order valence-corrected chi connectivity index (χ1v) is 5.02. The highest BCUT2D eigenvalue weighted by atomic mass is 35.5. The molecule has 0 bridgehead atoms. The summed E-state index contributed by atoms with van der Waals surface area (Å²) in [5, 5.41) is 0.0307. The third-order valence-electron chi connectivity index (χ3n) is 2.33. The zero-order valence-electron chi connectivity index (χ0n) is 8.23. The SMILES string of the molecule is CC(Cl)C(C)Cc1ccc(F)c(F)c1. The van der Waals surface area contributed by atoms with Gasteiger partial charge < -0.3 is 0 Å². The molecule has 1 rings (SSSR count). The van der Waals surface area contributed by atoms with Crippen LogP contribution in [0, 0.1) is 17.6 Å². The van der Waals surface area contributed by atoms with E-state index in [1.807, 2.05) is 13.8 Å². The number of hydrogen-bond donors (Lipinski definition) is 0. The van der Waals surface area contributed by atoms with E-state index in [0.717, 1.165) is 11.6 Å². The highest BCUT2D eigenvalue weighted by Gasteiger charge is 2.11. The summed E-state index contributed by atoms with van der Waals surface area (Å²) in [4.78, 5) is 0. The van der Waals surface area contributed by atoms with Crippen LogP contribution in [0.4, 0.5) is 8.78 Å². The lowest BCUT2D eigenvalue weighted by molar-refractivity contribution is 0.503. The van der Waals surface area contributed by atoms with Crippen molar-refractivity contribution in [2.45, 2.75) is 25.6 Å². The van der Waals surface area contributed by atoms with Crippen LogP contribution in [0.1, 0.15) is 19.4 Å². The van der Waals surface area contributed by atoms with E-state index < -0.39 is 11.6 Å². The number of halogens is 3. The molecule has 0 saturated carbocycles. The van der Waals surface area contributed by atoms with Crippen molar-refractivity contribution in [2.24, 2.45) is 5.92 Å². The van der Waals surface area contributed by atoms with Crippen molar-refractivity contribution >= 4 is 11.6 Å². The molecule has 14 heavy (non-hydrogen) atoms. The minimum absolute atomic E-state index is 0.0307. The first-order valence-electron chi connectivity index (χ1n) is 4.58. The van der Waals surface area contributed by atoms with Crippen LogP contribution in [-0.2, 0) is 6.42 Å². The molecule has 0 aromatic heterocycles. The fourth-order valence-electron chi connectivity index (χ4n) is 1.20. The monoisotopic (exact) mass is 218 g/mol. The zero-order chi connectivity index (χ0) is 10.7. The molecule has 0 nitrogen and oxygen atoms in total. The molecular formula is C11H13ClF2. The number of hydrogen-bond acceptors (Lipinski definition) is 0. The van der Waals surface area contributed by atoms with Crippen LogP contribution in [0.3, 0.4) is 0 Å². The summed E-state index contributed by atoms with van der Waals surface area (Å²) in [6, 6.07) is 3.97. The van der Waals surface area contributed by atoms with Crippen LogP contribution < -0.4 is 0 Å². The minimum Gasteiger partial charge on any atom is -0.204 e. The predicted molar refractivity (Wildman–Crippen MR) is 54.5 cm³/mol. The molecule has 0 aliphatic carbocycles. The van der Waals surface area contributed by atoms with E-state index in [1.165, 1.54) is 6.07 Å². The van der Waals surface area contributed by atoms with E-state index in [-0.39, 0.29) is 11.3 Å². The third kappa shape index (κ3) is 2.95. The lowest BCUT2D eigenvalue weighted by Crippen LogP contribution is -2.10. The largest absolute Gasteiger partial charge is 0.204 e. The molecule has 1 aromatic rings. The predicted octanol–water partition coefficient (Wildman–Crippen LogP) is 3.77. The molecule has 0 heterocycles. The summed E-state index contributed by atoms with van der Waals surface area (Å²) < 4.78 is 25.4. The fourth-order valence-corrected chi connectivity index (χ4v) is 1.29. The van der Waals surface area contributed by atoms with Crippen LogP contribution in [0.25, 0.3) is 0 Å². The standard InChI is InChI=1S/C11H13ClF2/c1-7(8(2)12)5-9-3-4-10(13)11(14)6-9/h3-4,6-8H,5H2,1-2H3. The van der Waals surface area contributed by atoms with Gasteiger partial charge in [0.05, 0.1) is 0 Å². The Morgan fingerprint density at radius 1 is 1.21 bits per heavy atom. The van der Waals surface area contributed by atoms with E-state index in [1.54, 1.807) is 6.07 Å². The van der Waals surface area contributed by atoms with Crippen LogP contribution in [0.15, 0.2) is 18.2 Å². The van der Waals surface area contributed by atoms with Gasteiger partial charge in [0.2, 0.25) is 0 Å². The average Bonchev–Trinajstić information content (AvgIpc) is 2.11. The molecule has 0 amide bonds. The summed E-state index contributed by atoms with van der Waals surface area (Å²) in [5.41, 5.74) is 0.781. The Balaban J connectivity index is 2.73. The van der Waals surface area contributed by atoms with Crippen molar-refractivity contribution in [3.8, 4) is 0 Å². The smallest absolute Gasteiger partial charge is 0.159 e. The van der Waals surface area contributed by atoms with Crippen molar-refractivity contribution in [3.63, 3.8) is 0 Å². The molecule has 2 unspecified atom stereocenters. The van der Waals surface area contributed by atoms with Gasteiger partial charge in [-0.05, 0) is 37.0 Å². The number of rotatable bonds is 3. The van der Waals surface area contributed by atoms with Crippen LogP contribution >= 0.6 is 11.6 Å². The fraction of sp³-hybridized carbons (Fsp3) is 0.455. The van der Waals surface area contributed by atoms with E-state index in [0.29, 0.717) is 6.42 Å². The molecule has 0 aliphatic rings. The van der Waals surface area contributed by atoms with Gasteiger partial charge >= 0.3 is 0 Å². The summed E-state index contributed by atoms with van der Waals surface area (Å²) in [7, 11) is 0. The van der Waals surface area contributed by atoms with E-state index in [9.17, 15) is 8.78 Å². The Labute approximate surface area is 87.9 Å². The normalized spacial score (nSPS) is 15.2. The molecule has 0 fully saturated rings. The van der Waals surface area contributed by atoms with Gasteiger partial charge in [-0.2, -0.15) is 0 Å². The first-order chi connectivity index (χ1) is 6.50. The van der Waals surface area contributed by atoms with Gasteiger partial charge in [0.15, 0.2) is 11.6 Å². The van der Waals surface area contributed by atoms with Crippen molar-refractivity contribution in [1.29, 1.82) is 0 Å². The number of alkyl halides is 1. The molecule has 1 aromatic carbocycles. The Bertz CT molecular complexity index is 310. The summed E-state index contributed by atoms with van der Waals surface area (Å²) in [6.45, 7) is 3.88.